The van der Waals surface area contributed by atoms with Crippen LogP contribution in [0, 0.1) is 6.92 Å². The van der Waals surface area contributed by atoms with Gasteiger partial charge in [-0.1, -0.05) is 17.7 Å². The van der Waals surface area contributed by atoms with Crippen LogP contribution < -0.4 is 4.72 Å². The van der Waals surface area contributed by atoms with Crippen LogP contribution in [0.5, 0.6) is 0 Å². The molecule has 1 aromatic rings. The highest BCUT2D eigenvalue weighted by Gasteiger charge is 2.20. The van der Waals surface area contributed by atoms with Gasteiger partial charge in [-0.3, -0.25) is 0 Å². The third-order valence-electron chi connectivity index (χ3n) is 2.15. The van der Waals surface area contributed by atoms with Gasteiger partial charge in [-0.15, -0.1) is 0 Å². The molecule has 4 nitrogen and oxygen atoms in total. The summed E-state index contributed by atoms with van der Waals surface area (Å²) in [5.41, 5.74) is 0.916. The normalized spacial score (nSPS) is 13.6. The van der Waals surface area contributed by atoms with E-state index in [1.165, 1.54) is 13.2 Å². The van der Waals surface area contributed by atoms with Crippen molar-refractivity contribution in [2.45, 2.75) is 24.8 Å². The van der Waals surface area contributed by atoms with Crippen LogP contribution in [-0.4, -0.2) is 28.2 Å². The molecule has 0 aromatic heterocycles. The van der Waals surface area contributed by atoms with Crippen LogP contribution in [0.25, 0.3) is 0 Å². The lowest BCUT2D eigenvalue weighted by atomic mass is 10.2. The van der Waals surface area contributed by atoms with E-state index in [0.29, 0.717) is 6.61 Å². The second kappa shape index (κ2) is 5.82. The molecule has 0 spiro atoms. The zero-order valence-electron chi connectivity index (χ0n) is 10.0. The van der Waals surface area contributed by atoms with Gasteiger partial charge >= 0.3 is 0 Å². The Bertz CT molecular complexity index is 487. The lowest BCUT2D eigenvalue weighted by molar-refractivity contribution is 0.180. The van der Waals surface area contributed by atoms with Gasteiger partial charge in [0.2, 0.25) is 10.0 Å². The van der Waals surface area contributed by atoms with Crippen LogP contribution >= 0.6 is 11.6 Å². The minimum Gasteiger partial charge on any atom is -0.383 e. The number of aryl methyl sites for hydroxylation is 1. The third-order valence-corrected chi connectivity index (χ3v) is 4.22. The zero-order chi connectivity index (χ0) is 13.1. The van der Waals surface area contributed by atoms with E-state index >= 15 is 0 Å². The van der Waals surface area contributed by atoms with Gasteiger partial charge in [0.1, 0.15) is 4.90 Å². The van der Waals surface area contributed by atoms with Crippen LogP contribution in [-0.2, 0) is 14.8 Å². The van der Waals surface area contributed by atoms with Crippen LogP contribution in [0.4, 0.5) is 0 Å². The van der Waals surface area contributed by atoms with Gasteiger partial charge in [-0.2, -0.15) is 0 Å². The van der Waals surface area contributed by atoms with Crippen molar-refractivity contribution in [2.75, 3.05) is 13.7 Å². The molecule has 0 fully saturated rings. The first-order chi connectivity index (χ1) is 7.86. The summed E-state index contributed by atoms with van der Waals surface area (Å²) in [4.78, 5) is 0.0905. The molecule has 0 radical (unpaired) electrons. The second-order valence-corrected chi connectivity index (χ2v) is 6.00. The summed E-state index contributed by atoms with van der Waals surface area (Å²) < 4.78 is 31.4. The van der Waals surface area contributed by atoms with Gasteiger partial charge in [0.15, 0.2) is 0 Å². The number of halogens is 1. The van der Waals surface area contributed by atoms with E-state index in [4.69, 9.17) is 16.3 Å². The summed E-state index contributed by atoms with van der Waals surface area (Å²) in [5.74, 6) is 0. The highest BCUT2D eigenvalue weighted by Crippen LogP contribution is 2.22. The van der Waals surface area contributed by atoms with E-state index < -0.39 is 10.0 Å². The number of hydrogen-bond donors (Lipinski definition) is 1. The Morgan fingerprint density at radius 3 is 2.65 bits per heavy atom. The summed E-state index contributed by atoms with van der Waals surface area (Å²) in [6.07, 6.45) is 0. The maximum absolute atomic E-state index is 12.0. The Labute approximate surface area is 107 Å². The van der Waals surface area contributed by atoms with Gasteiger partial charge < -0.3 is 4.74 Å². The molecule has 0 aliphatic heterocycles. The van der Waals surface area contributed by atoms with Gasteiger partial charge in [-0.25, -0.2) is 13.1 Å². The summed E-state index contributed by atoms with van der Waals surface area (Å²) in [6.45, 7) is 3.88. The van der Waals surface area contributed by atoms with Crippen LogP contribution in [0.15, 0.2) is 23.1 Å². The Morgan fingerprint density at radius 1 is 1.47 bits per heavy atom. The number of ether oxygens (including phenoxy) is 1. The quantitative estimate of drug-likeness (QED) is 0.895. The summed E-state index contributed by atoms with van der Waals surface area (Å²) >= 11 is 5.92. The fourth-order valence-electron chi connectivity index (χ4n) is 1.44. The molecule has 1 atom stereocenters. The van der Waals surface area contributed by atoms with Crippen LogP contribution in [0.1, 0.15) is 12.5 Å². The number of rotatable bonds is 5. The Kier molecular flexibility index (Phi) is 4.94. The maximum Gasteiger partial charge on any atom is 0.242 e. The molecule has 1 rings (SSSR count). The van der Waals surface area contributed by atoms with Crippen molar-refractivity contribution in [3.05, 3.63) is 28.8 Å². The average molecular weight is 278 g/mol. The molecule has 0 aliphatic carbocycles. The zero-order valence-corrected chi connectivity index (χ0v) is 11.6. The van der Waals surface area contributed by atoms with Crippen molar-refractivity contribution in [1.29, 1.82) is 0 Å². The van der Waals surface area contributed by atoms with E-state index in [9.17, 15) is 8.42 Å². The van der Waals surface area contributed by atoms with Crippen molar-refractivity contribution in [2.24, 2.45) is 0 Å². The number of methoxy groups -OCH3 is 1. The fraction of sp³-hybridized carbons (Fsp3) is 0.455. The summed E-state index contributed by atoms with van der Waals surface area (Å²) in [6, 6.07) is 4.53. The van der Waals surface area contributed by atoms with Crippen molar-refractivity contribution < 1.29 is 13.2 Å². The summed E-state index contributed by atoms with van der Waals surface area (Å²) in [7, 11) is -2.07. The Morgan fingerprint density at radius 2 is 2.12 bits per heavy atom. The first-order valence-electron chi connectivity index (χ1n) is 5.14. The largest absolute Gasteiger partial charge is 0.383 e. The van der Waals surface area contributed by atoms with Crippen molar-refractivity contribution in [3.63, 3.8) is 0 Å². The maximum atomic E-state index is 12.0. The number of hydrogen-bond acceptors (Lipinski definition) is 3. The van der Waals surface area contributed by atoms with E-state index in [0.717, 1.165) is 5.56 Å². The fourth-order valence-corrected chi connectivity index (χ4v) is 3.26. The molecule has 6 heteroatoms. The van der Waals surface area contributed by atoms with Gasteiger partial charge in [0, 0.05) is 13.2 Å². The molecule has 0 bridgehead atoms. The third kappa shape index (κ3) is 3.96. The first kappa shape index (κ1) is 14.4. The van der Waals surface area contributed by atoms with Gasteiger partial charge in [0.05, 0.1) is 11.6 Å². The molecule has 0 amide bonds. The molecular formula is C11H16ClNO3S. The predicted octanol–water partition coefficient (Wildman–Crippen LogP) is 1.96. The second-order valence-electron chi connectivity index (χ2n) is 3.91. The first-order valence-corrected chi connectivity index (χ1v) is 7.00. The molecule has 1 N–H and O–H groups in total. The van der Waals surface area contributed by atoms with Crippen LogP contribution in [0.3, 0.4) is 0 Å². The minimum absolute atomic E-state index is 0.0905. The average Bonchev–Trinajstić information content (AvgIpc) is 2.15. The van der Waals surface area contributed by atoms with Crippen molar-refractivity contribution in [1.82, 2.24) is 4.72 Å². The van der Waals surface area contributed by atoms with Crippen LogP contribution in [0.2, 0.25) is 5.02 Å². The smallest absolute Gasteiger partial charge is 0.242 e. The molecule has 0 saturated carbocycles. The number of nitrogens with one attached hydrogen (secondary N) is 1. The standard InChI is InChI=1S/C11H16ClNO3S/c1-8-4-5-11(10(12)6-8)17(14,15)13-9(2)7-16-3/h4-6,9,13H,7H2,1-3H3/t9-/m1/s1. The summed E-state index contributed by atoms with van der Waals surface area (Å²) in [5, 5.41) is 0.224. The topological polar surface area (TPSA) is 55.4 Å². The molecule has 17 heavy (non-hydrogen) atoms. The van der Waals surface area contributed by atoms with Gasteiger partial charge in [0.25, 0.3) is 0 Å². The lowest BCUT2D eigenvalue weighted by Crippen LogP contribution is -2.35. The number of sulfonamides is 1. The lowest BCUT2D eigenvalue weighted by Gasteiger charge is -2.14. The molecule has 1 aromatic carbocycles. The van der Waals surface area contributed by atoms with Crippen molar-refractivity contribution >= 4 is 21.6 Å². The molecule has 0 aliphatic rings. The molecule has 0 heterocycles. The Hall–Kier alpha value is -0.620. The molecule has 0 unspecified atom stereocenters. The van der Waals surface area contributed by atoms with E-state index in [1.807, 2.05) is 6.92 Å². The predicted molar refractivity (Wildman–Crippen MR) is 67.8 cm³/mol. The van der Waals surface area contributed by atoms with Crippen molar-refractivity contribution in [3.8, 4) is 0 Å². The van der Waals surface area contributed by atoms with Gasteiger partial charge in [-0.05, 0) is 31.5 Å². The van der Waals surface area contributed by atoms with E-state index in [2.05, 4.69) is 4.72 Å². The molecular weight excluding hydrogens is 262 g/mol. The highest BCUT2D eigenvalue weighted by atomic mass is 35.5. The monoisotopic (exact) mass is 277 g/mol. The van der Waals surface area contributed by atoms with E-state index in [1.54, 1.807) is 19.1 Å². The highest BCUT2D eigenvalue weighted by molar-refractivity contribution is 7.89. The minimum atomic E-state index is -3.59. The van der Waals surface area contributed by atoms with E-state index in [-0.39, 0.29) is 16.0 Å². The number of benzene rings is 1. The molecule has 0 saturated heterocycles. The SMILES string of the molecule is COC[C@@H](C)NS(=O)(=O)c1ccc(C)cc1Cl. The Balaban J connectivity index is 2.97. The molecule has 96 valence electrons.